The summed E-state index contributed by atoms with van der Waals surface area (Å²) < 4.78 is 94.4. The molecule has 20 heteroatoms. The van der Waals surface area contributed by atoms with Crippen LogP contribution < -0.4 is 24.8 Å². The highest BCUT2D eigenvalue weighted by Crippen LogP contribution is 2.48. The molecule has 3 aliphatic carbocycles. The topological polar surface area (TPSA) is 195 Å². The number of sulfonamides is 1. The van der Waals surface area contributed by atoms with Gasteiger partial charge in [-0.1, -0.05) is 39.7 Å². The Labute approximate surface area is 383 Å². The van der Waals surface area contributed by atoms with Gasteiger partial charge in [0.1, 0.15) is 42.2 Å². The number of hydrogen-bond donors (Lipinski definition) is 3. The van der Waals surface area contributed by atoms with Gasteiger partial charge in [-0.2, -0.15) is 13.2 Å². The molecule has 2 aromatic rings. The molecule has 8 rings (SSSR count). The smallest absolute Gasteiger partial charge is 0.416 e. The number of aromatic nitrogens is 1. The van der Waals surface area contributed by atoms with E-state index in [1.54, 1.807) is 20.8 Å². The number of alkyl carbamates (subject to hydrolysis) is 1. The van der Waals surface area contributed by atoms with E-state index in [9.17, 15) is 40.8 Å². The lowest BCUT2D eigenvalue weighted by atomic mass is 9.85. The largest absolute Gasteiger partial charge is 0.491 e. The first kappa shape index (κ1) is 47.8. The minimum absolute atomic E-state index is 0.00245. The maximum atomic E-state index is 14.9. The summed E-state index contributed by atoms with van der Waals surface area (Å²) in [5.41, 5.74) is -2.98. The van der Waals surface area contributed by atoms with Crippen LogP contribution in [0.15, 0.2) is 30.9 Å². The van der Waals surface area contributed by atoms with Gasteiger partial charge in [-0.15, -0.1) is 6.58 Å². The van der Waals surface area contributed by atoms with Crippen molar-refractivity contribution in [3.05, 3.63) is 42.0 Å². The fourth-order valence-corrected chi connectivity index (χ4v) is 10.6. The van der Waals surface area contributed by atoms with Gasteiger partial charge in [0.25, 0.3) is 5.91 Å². The molecule has 2 saturated heterocycles. The van der Waals surface area contributed by atoms with E-state index in [0.717, 1.165) is 31.4 Å². The van der Waals surface area contributed by atoms with E-state index in [-0.39, 0.29) is 49.4 Å². The van der Waals surface area contributed by atoms with Crippen LogP contribution in [0, 0.1) is 17.3 Å². The number of ether oxygens (including phenoxy) is 4. The third kappa shape index (κ3) is 10.1. The molecule has 0 radical (unpaired) electrons. The average Bonchev–Trinajstić information content (AvgIpc) is 4.21. The normalized spacial score (nSPS) is 29.4. The van der Waals surface area contributed by atoms with Crippen molar-refractivity contribution in [2.45, 2.75) is 133 Å². The molecule has 2 bridgehead atoms. The second kappa shape index (κ2) is 18.1. The van der Waals surface area contributed by atoms with E-state index in [2.05, 4.69) is 26.8 Å². The molecule has 7 atom stereocenters. The summed E-state index contributed by atoms with van der Waals surface area (Å²) in [5, 5.41) is 5.91. The molecule has 4 heterocycles. The molecule has 0 spiro atoms. The second-order valence-corrected chi connectivity index (χ2v) is 22.3. The summed E-state index contributed by atoms with van der Waals surface area (Å²) in [6.45, 7) is 13.6. The summed E-state index contributed by atoms with van der Waals surface area (Å²) in [7, 11) is -4.09. The molecular weight excluding hydrogens is 886 g/mol. The average molecular weight is 947 g/mol. The Kier molecular flexibility index (Phi) is 13.1. The van der Waals surface area contributed by atoms with E-state index in [4.69, 9.17) is 23.9 Å². The SMILES string of the molecule is C=C[C@@H]1C[C@]1(NC(=O)[C@@H]1C[C@@H]2CN1C(=O)[C@H](C(C)(C)C)NC(=O)O[C@@H]1C[C@H]1CCCCCc1c(nc3cc(C(F)(F)F)ccc3c1OCCN1CCOCC1)O2)C(=O)NS(=O)(=O)C1(C)CC1. The van der Waals surface area contributed by atoms with Crippen LogP contribution in [0.2, 0.25) is 0 Å². The number of nitrogens with one attached hydrogen (secondary N) is 3. The summed E-state index contributed by atoms with van der Waals surface area (Å²) in [5.74, 6) is -2.49. The van der Waals surface area contributed by atoms with E-state index < -0.39 is 85.4 Å². The highest BCUT2D eigenvalue weighted by molar-refractivity contribution is 7.91. The number of carbonyl (C=O) groups is 4. The van der Waals surface area contributed by atoms with Crippen LogP contribution in [0.3, 0.4) is 0 Å². The molecule has 1 aromatic heterocycles. The Hall–Kier alpha value is -4.69. The van der Waals surface area contributed by atoms with Gasteiger partial charge < -0.3 is 34.5 Å². The maximum absolute atomic E-state index is 14.9. The Bertz CT molecular complexity index is 2350. The Balaban J connectivity index is 1.16. The van der Waals surface area contributed by atoms with Crippen molar-refractivity contribution in [2.75, 3.05) is 46.0 Å². The quantitative estimate of drug-likeness (QED) is 0.270. The van der Waals surface area contributed by atoms with Crippen molar-refractivity contribution in [1.82, 2.24) is 30.1 Å². The van der Waals surface area contributed by atoms with E-state index >= 15 is 0 Å². The molecule has 16 nitrogen and oxygen atoms in total. The highest BCUT2D eigenvalue weighted by Gasteiger charge is 2.63. The summed E-state index contributed by atoms with van der Waals surface area (Å²) in [6, 6.07) is 0.784. The van der Waals surface area contributed by atoms with Crippen LogP contribution in [-0.2, 0) is 46.5 Å². The molecular formula is C46H61F3N6O10S. The van der Waals surface area contributed by atoms with Gasteiger partial charge in [0.15, 0.2) is 0 Å². The first-order chi connectivity index (χ1) is 31.1. The number of halogens is 3. The number of fused-ring (bicyclic) bond motifs is 5. The fraction of sp³-hybridized carbons (Fsp3) is 0.674. The van der Waals surface area contributed by atoms with Gasteiger partial charge in [0.05, 0.1) is 41.1 Å². The lowest BCUT2D eigenvalue weighted by molar-refractivity contribution is -0.143. The summed E-state index contributed by atoms with van der Waals surface area (Å²) in [4.78, 5) is 64.9. The third-order valence-electron chi connectivity index (χ3n) is 14.1. The summed E-state index contributed by atoms with van der Waals surface area (Å²) in [6.07, 6.45) is -0.569. The first-order valence-corrected chi connectivity index (χ1v) is 24.5. The van der Waals surface area contributed by atoms with Crippen LogP contribution in [0.4, 0.5) is 18.0 Å². The second-order valence-electron chi connectivity index (χ2n) is 20.1. The standard InChI is InChI=1S/C46H61F3N6O10S/c1-6-28-25-45(28,41(58)53-66(60,61)44(5)14-15-44)52-38(56)34-24-30-26-55(34)40(57)37(43(2,3)4)51-42(59)65-35-22-27(35)10-8-7-9-11-32-36(63-21-18-54-16-19-62-20-17-54)31-13-12-29(46(47,48)49)23-33(31)50-39(32)64-30/h6,12-13,23,27-28,30,34-35,37H,1,7-11,14-22,24-26H2,2-5H3,(H,51,59)(H,52,56)(H,53,58)/t27-,28-,30-,34+,35-,37-,45-/m1/s1. The van der Waals surface area contributed by atoms with Crippen molar-refractivity contribution < 1.29 is 59.7 Å². The maximum Gasteiger partial charge on any atom is 0.416 e. The number of benzene rings is 1. The van der Waals surface area contributed by atoms with Crippen molar-refractivity contribution in [2.24, 2.45) is 17.3 Å². The number of nitrogens with zero attached hydrogens (tertiary/aromatic N) is 3. The molecule has 5 fully saturated rings. The molecule has 66 heavy (non-hydrogen) atoms. The van der Waals surface area contributed by atoms with Crippen molar-refractivity contribution >= 4 is 44.7 Å². The predicted molar refractivity (Wildman–Crippen MR) is 235 cm³/mol. The minimum atomic E-state index is -4.67. The van der Waals surface area contributed by atoms with E-state index in [1.165, 1.54) is 24.0 Å². The Morgan fingerprint density at radius 3 is 2.48 bits per heavy atom. The minimum Gasteiger partial charge on any atom is -0.491 e. The molecule has 1 aromatic carbocycles. The van der Waals surface area contributed by atoms with Crippen molar-refractivity contribution in [1.29, 1.82) is 0 Å². The van der Waals surface area contributed by atoms with Crippen LogP contribution >= 0.6 is 0 Å². The Morgan fingerprint density at radius 1 is 1.08 bits per heavy atom. The van der Waals surface area contributed by atoms with Gasteiger partial charge in [-0.25, -0.2) is 18.2 Å². The van der Waals surface area contributed by atoms with Crippen LogP contribution in [0.5, 0.6) is 11.6 Å². The molecule has 3 aliphatic heterocycles. The number of carbonyl (C=O) groups excluding carboxylic acids is 4. The molecule has 6 aliphatic rings. The molecule has 0 unspecified atom stereocenters. The van der Waals surface area contributed by atoms with Gasteiger partial charge >= 0.3 is 12.3 Å². The predicted octanol–water partition coefficient (Wildman–Crippen LogP) is 5.02. The van der Waals surface area contributed by atoms with E-state index in [1.807, 2.05) is 0 Å². The number of rotatable bonds is 10. The zero-order chi connectivity index (χ0) is 47.4. The van der Waals surface area contributed by atoms with Gasteiger partial charge in [0.2, 0.25) is 27.7 Å². The molecule has 3 saturated carbocycles. The lowest BCUT2D eigenvalue weighted by Gasteiger charge is -2.35. The van der Waals surface area contributed by atoms with E-state index in [0.29, 0.717) is 81.7 Å². The van der Waals surface area contributed by atoms with Gasteiger partial charge in [0, 0.05) is 37.4 Å². The van der Waals surface area contributed by atoms with Gasteiger partial charge in [-0.05, 0) is 81.4 Å². The monoisotopic (exact) mass is 946 g/mol. The molecule has 362 valence electrons. The van der Waals surface area contributed by atoms with Crippen molar-refractivity contribution in [3.8, 4) is 11.6 Å². The van der Waals surface area contributed by atoms with Crippen molar-refractivity contribution in [3.63, 3.8) is 0 Å². The number of amides is 4. The lowest BCUT2D eigenvalue weighted by Crippen LogP contribution is -2.60. The molecule has 3 N–H and O–H groups in total. The third-order valence-corrected chi connectivity index (χ3v) is 16.2. The number of morpholine rings is 1. The fourth-order valence-electron chi connectivity index (χ4n) is 9.32. The van der Waals surface area contributed by atoms with Crippen LogP contribution in [0.25, 0.3) is 10.9 Å². The zero-order valence-corrected chi connectivity index (χ0v) is 38.8. The number of pyridine rings is 1. The van der Waals surface area contributed by atoms with Crippen LogP contribution in [-0.4, -0.2) is 128 Å². The number of hydrogen-bond acceptors (Lipinski definition) is 12. The van der Waals surface area contributed by atoms with Gasteiger partial charge in [-0.3, -0.25) is 24.0 Å². The molecule has 4 amide bonds. The van der Waals surface area contributed by atoms with Crippen LogP contribution in [0.1, 0.15) is 96.6 Å². The number of alkyl halides is 3. The highest BCUT2D eigenvalue weighted by atomic mass is 32.2. The zero-order valence-electron chi connectivity index (χ0n) is 38.0. The first-order valence-electron chi connectivity index (χ1n) is 23.0. The Morgan fingerprint density at radius 2 is 1.82 bits per heavy atom. The summed E-state index contributed by atoms with van der Waals surface area (Å²) >= 11 is 0.